The Morgan fingerprint density at radius 2 is 1.65 bits per heavy atom. The average molecular weight is 447 g/mol. The molecule has 3 aromatic carbocycles. The third-order valence-electron chi connectivity index (χ3n) is 5.56. The molecule has 4 aromatic rings. The van der Waals surface area contributed by atoms with Crippen LogP contribution in [-0.4, -0.2) is 22.6 Å². The van der Waals surface area contributed by atoms with Crippen LogP contribution in [0.3, 0.4) is 0 Å². The Balaban J connectivity index is 1.39. The number of aromatic nitrogens is 1. The van der Waals surface area contributed by atoms with Crippen LogP contribution in [0.1, 0.15) is 16.7 Å². The number of nitrogens with zero attached hydrogens (tertiary/aromatic N) is 2. The fraction of sp³-hybridized carbons (Fsp3) is 0.0370. The van der Waals surface area contributed by atoms with Gasteiger partial charge in [0.2, 0.25) is 5.91 Å². The normalized spacial score (nSPS) is 12.1. The van der Waals surface area contributed by atoms with E-state index < -0.39 is 0 Å². The van der Waals surface area contributed by atoms with Crippen LogP contribution in [0.15, 0.2) is 97.2 Å². The Morgan fingerprint density at radius 3 is 2.44 bits per heavy atom. The van der Waals surface area contributed by atoms with E-state index in [9.17, 15) is 4.79 Å². The molecule has 0 spiro atoms. The first-order valence-electron chi connectivity index (χ1n) is 10.8. The SMILES string of the molecule is N=C(c1ccc(NC(=O)Cc2ccccc2)cc1)N1C(=N)c2ccccc2Nc2ncccc21. The molecule has 0 fully saturated rings. The predicted molar refractivity (Wildman–Crippen MR) is 135 cm³/mol. The number of pyridine rings is 1. The van der Waals surface area contributed by atoms with Gasteiger partial charge in [0, 0.05) is 23.0 Å². The van der Waals surface area contributed by atoms with E-state index in [1.54, 1.807) is 41.4 Å². The molecule has 166 valence electrons. The fourth-order valence-electron chi connectivity index (χ4n) is 3.90. The summed E-state index contributed by atoms with van der Waals surface area (Å²) in [6, 6.07) is 27.8. The number of benzene rings is 3. The number of carbonyl (C=O) groups excluding carboxylic acids is 1. The van der Waals surface area contributed by atoms with Crippen molar-refractivity contribution in [3.8, 4) is 0 Å². The molecule has 0 unspecified atom stereocenters. The van der Waals surface area contributed by atoms with Crippen molar-refractivity contribution in [2.75, 3.05) is 15.5 Å². The van der Waals surface area contributed by atoms with Gasteiger partial charge in [-0.15, -0.1) is 0 Å². The zero-order chi connectivity index (χ0) is 23.5. The van der Waals surface area contributed by atoms with Crippen LogP contribution in [0.2, 0.25) is 0 Å². The number of amidine groups is 2. The maximum atomic E-state index is 12.4. The summed E-state index contributed by atoms with van der Waals surface area (Å²) in [7, 11) is 0. The fourth-order valence-corrected chi connectivity index (χ4v) is 3.90. The molecule has 0 radical (unpaired) electrons. The van der Waals surface area contributed by atoms with Crippen molar-refractivity contribution >= 4 is 40.5 Å². The minimum absolute atomic E-state index is 0.106. The minimum Gasteiger partial charge on any atom is -0.338 e. The first-order valence-corrected chi connectivity index (χ1v) is 10.8. The third-order valence-corrected chi connectivity index (χ3v) is 5.56. The number of fused-ring (bicyclic) bond motifs is 2. The molecule has 0 bridgehead atoms. The van der Waals surface area contributed by atoms with Gasteiger partial charge in [-0.2, -0.15) is 0 Å². The zero-order valence-corrected chi connectivity index (χ0v) is 18.2. The Kier molecular flexibility index (Phi) is 5.58. The van der Waals surface area contributed by atoms with Crippen LogP contribution >= 0.6 is 0 Å². The molecule has 0 saturated carbocycles. The first-order chi connectivity index (χ1) is 16.6. The summed E-state index contributed by atoms with van der Waals surface area (Å²) in [5, 5.41) is 24.0. The van der Waals surface area contributed by atoms with Crippen molar-refractivity contribution < 1.29 is 4.79 Å². The monoisotopic (exact) mass is 446 g/mol. The van der Waals surface area contributed by atoms with Crippen LogP contribution in [-0.2, 0) is 11.2 Å². The zero-order valence-electron chi connectivity index (χ0n) is 18.2. The topological polar surface area (TPSA) is 105 Å². The van der Waals surface area contributed by atoms with Crippen molar-refractivity contribution in [1.82, 2.24) is 4.98 Å². The molecule has 7 heteroatoms. The lowest BCUT2D eigenvalue weighted by Crippen LogP contribution is -2.36. The molecule has 1 aliphatic rings. The summed E-state index contributed by atoms with van der Waals surface area (Å²) in [6.45, 7) is 0. The third kappa shape index (κ3) is 4.14. The molecule has 4 N–H and O–H groups in total. The number of para-hydroxylation sites is 1. The average Bonchev–Trinajstić information content (AvgIpc) is 2.98. The number of nitrogens with one attached hydrogen (secondary N) is 4. The molecule has 2 heterocycles. The highest BCUT2D eigenvalue weighted by molar-refractivity contribution is 6.30. The van der Waals surface area contributed by atoms with Crippen molar-refractivity contribution in [2.24, 2.45) is 0 Å². The standard InChI is InChI=1S/C27H22N6O/c28-25(19-12-14-20(15-13-19)31-24(34)17-18-7-2-1-3-8-18)33-23-11-6-16-30-27(23)32-22-10-5-4-9-21(22)26(33)29/h1-16,28-29H,17H2,(H,30,32)(H,31,34). The number of anilines is 4. The summed E-state index contributed by atoms with van der Waals surface area (Å²) in [5.41, 5.74) is 4.26. The molecule has 34 heavy (non-hydrogen) atoms. The van der Waals surface area contributed by atoms with Gasteiger partial charge in [-0.1, -0.05) is 42.5 Å². The maximum Gasteiger partial charge on any atom is 0.228 e. The number of rotatable bonds is 4. The predicted octanol–water partition coefficient (Wildman–Crippen LogP) is 5.18. The van der Waals surface area contributed by atoms with E-state index in [-0.39, 0.29) is 17.6 Å². The number of hydrogen-bond donors (Lipinski definition) is 4. The second-order valence-corrected chi connectivity index (χ2v) is 7.86. The molecule has 0 saturated heterocycles. The van der Waals surface area contributed by atoms with Crippen molar-refractivity contribution in [3.63, 3.8) is 0 Å². The van der Waals surface area contributed by atoms with Crippen LogP contribution in [0.25, 0.3) is 0 Å². The van der Waals surface area contributed by atoms with Gasteiger partial charge >= 0.3 is 0 Å². The van der Waals surface area contributed by atoms with Crippen molar-refractivity contribution in [1.29, 1.82) is 10.8 Å². The Morgan fingerprint density at radius 1 is 0.912 bits per heavy atom. The molecular formula is C27H22N6O. The lowest BCUT2D eigenvalue weighted by Gasteiger charge is -2.25. The van der Waals surface area contributed by atoms with Gasteiger partial charge in [-0.3, -0.25) is 20.5 Å². The van der Waals surface area contributed by atoms with Gasteiger partial charge < -0.3 is 10.6 Å². The molecule has 0 atom stereocenters. The van der Waals surface area contributed by atoms with E-state index in [0.717, 1.165) is 11.3 Å². The smallest absolute Gasteiger partial charge is 0.228 e. The number of amides is 1. The Hall–Kier alpha value is -4.78. The lowest BCUT2D eigenvalue weighted by atomic mass is 10.1. The quantitative estimate of drug-likeness (QED) is 0.256. The van der Waals surface area contributed by atoms with Crippen LogP contribution < -0.4 is 15.5 Å². The van der Waals surface area contributed by atoms with Gasteiger partial charge in [0.25, 0.3) is 0 Å². The van der Waals surface area contributed by atoms with Crippen LogP contribution in [0.5, 0.6) is 0 Å². The van der Waals surface area contributed by atoms with Gasteiger partial charge in [0.1, 0.15) is 11.7 Å². The summed E-state index contributed by atoms with van der Waals surface area (Å²) < 4.78 is 0. The van der Waals surface area contributed by atoms with E-state index in [1.807, 2.05) is 60.7 Å². The maximum absolute atomic E-state index is 12.4. The lowest BCUT2D eigenvalue weighted by molar-refractivity contribution is -0.115. The van der Waals surface area contributed by atoms with Crippen molar-refractivity contribution in [3.05, 3.63) is 114 Å². The molecule has 5 rings (SSSR count). The van der Waals surface area contributed by atoms with Gasteiger partial charge in [0.15, 0.2) is 5.82 Å². The highest BCUT2D eigenvalue weighted by Crippen LogP contribution is 2.34. The van der Waals surface area contributed by atoms with Crippen molar-refractivity contribution in [2.45, 2.75) is 6.42 Å². The summed E-state index contributed by atoms with van der Waals surface area (Å²) in [5.74, 6) is 0.790. The van der Waals surface area contributed by atoms with E-state index in [0.29, 0.717) is 34.7 Å². The molecule has 7 nitrogen and oxygen atoms in total. The van der Waals surface area contributed by atoms with Crippen LogP contribution in [0, 0.1) is 10.8 Å². The molecule has 1 aromatic heterocycles. The van der Waals surface area contributed by atoms with E-state index in [4.69, 9.17) is 10.8 Å². The van der Waals surface area contributed by atoms with E-state index >= 15 is 0 Å². The summed E-state index contributed by atoms with van der Waals surface area (Å²) >= 11 is 0. The first kappa shape index (κ1) is 21.1. The highest BCUT2D eigenvalue weighted by atomic mass is 16.1. The summed E-state index contributed by atoms with van der Waals surface area (Å²) in [4.78, 5) is 18.4. The van der Waals surface area contributed by atoms with Gasteiger partial charge in [-0.25, -0.2) is 4.98 Å². The van der Waals surface area contributed by atoms with E-state index in [1.165, 1.54) is 0 Å². The molecule has 1 aliphatic heterocycles. The van der Waals surface area contributed by atoms with E-state index in [2.05, 4.69) is 15.6 Å². The highest BCUT2D eigenvalue weighted by Gasteiger charge is 2.28. The second kappa shape index (κ2) is 8.99. The summed E-state index contributed by atoms with van der Waals surface area (Å²) in [6.07, 6.45) is 1.97. The molecule has 1 amide bonds. The molecular weight excluding hydrogens is 424 g/mol. The Bertz CT molecular complexity index is 1380. The largest absolute Gasteiger partial charge is 0.338 e. The minimum atomic E-state index is -0.106. The number of carbonyl (C=O) groups is 1. The van der Waals surface area contributed by atoms with Crippen LogP contribution in [0.4, 0.5) is 22.9 Å². The molecule has 0 aliphatic carbocycles. The number of hydrogen-bond acceptors (Lipinski definition) is 5. The van der Waals surface area contributed by atoms with Gasteiger partial charge in [0.05, 0.1) is 17.8 Å². The van der Waals surface area contributed by atoms with Gasteiger partial charge in [-0.05, 0) is 54.1 Å². The second-order valence-electron chi connectivity index (χ2n) is 7.86. The Labute approximate surface area is 197 Å².